The van der Waals surface area contributed by atoms with E-state index in [1.807, 2.05) is 12.3 Å². The second-order valence-corrected chi connectivity index (χ2v) is 3.77. The number of nitrogens with zero attached hydrogens (tertiary/aromatic N) is 1. The van der Waals surface area contributed by atoms with Gasteiger partial charge in [-0.05, 0) is 37.3 Å². The summed E-state index contributed by atoms with van der Waals surface area (Å²) in [5.74, 6) is 0.792. The number of allylic oxidation sites excluding steroid dienone is 2. The third-order valence-corrected chi connectivity index (χ3v) is 2.63. The van der Waals surface area contributed by atoms with Gasteiger partial charge in [0.15, 0.2) is 0 Å². The van der Waals surface area contributed by atoms with Gasteiger partial charge in [0.25, 0.3) is 0 Å². The first-order valence-electron chi connectivity index (χ1n) is 5.24. The lowest BCUT2D eigenvalue weighted by Crippen LogP contribution is -2.15. The van der Waals surface area contributed by atoms with Crippen LogP contribution in [0.25, 0.3) is 0 Å². The topological polar surface area (TPSA) is 24.9 Å². The van der Waals surface area contributed by atoms with Gasteiger partial charge < -0.3 is 5.32 Å². The van der Waals surface area contributed by atoms with Crippen LogP contribution in [-0.2, 0) is 0 Å². The first kappa shape index (κ1) is 9.25. The predicted octanol–water partition coefficient (Wildman–Crippen LogP) is 2.85. The van der Waals surface area contributed by atoms with Crippen LogP contribution < -0.4 is 5.32 Å². The lowest BCUT2D eigenvalue weighted by molar-refractivity contribution is 0.504. The Kier molecular flexibility index (Phi) is 3.17. The van der Waals surface area contributed by atoms with Crippen molar-refractivity contribution in [2.45, 2.75) is 19.3 Å². The van der Waals surface area contributed by atoms with E-state index in [0.717, 1.165) is 18.2 Å². The van der Waals surface area contributed by atoms with Crippen LogP contribution in [0.3, 0.4) is 0 Å². The molecular weight excluding hydrogens is 172 g/mol. The van der Waals surface area contributed by atoms with E-state index in [1.54, 1.807) is 6.20 Å². The molecule has 0 fully saturated rings. The van der Waals surface area contributed by atoms with E-state index in [-0.39, 0.29) is 0 Å². The molecule has 0 radical (unpaired) electrons. The van der Waals surface area contributed by atoms with Crippen LogP contribution >= 0.6 is 0 Å². The molecule has 0 aromatic carbocycles. The third kappa shape index (κ3) is 2.59. The highest BCUT2D eigenvalue weighted by molar-refractivity contribution is 5.39. The highest BCUT2D eigenvalue weighted by Crippen LogP contribution is 2.18. The maximum absolute atomic E-state index is 4.07. The van der Waals surface area contributed by atoms with Crippen molar-refractivity contribution in [3.8, 4) is 0 Å². The number of pyridine rings is 1. The summed E-state index contributed by atoms with van der Waals surface area (Å²) in [5, 5.41) is 3.42. The minimum atomic E-state index is 0.792. The Morgan fingerprint density at radius 2 is 2.43 bits per heavy atom. The molecule has 1 aliphatic rings. The zero-order valence-electron chi connectivity index (χ0n) is 8.32. The molecule has 2 rings (SSSR count). The fraction of sp³-hybridized carbons (Fsp3) is 0.417. The minimum Gasteiger partial charge on any atom is -0.384 e. The van der Waals surface area contributed by atoms with Crippen LogP contribution in [0, 0.1) is 5.92 Å². The van der Waals surface area contributed by atoms with Gasteiger partial charge in [0.05, 0.1) is 5.69 Å². The molecule has 2 nitrogen and oxygen atoms in total. The molecule has 1 N–H and O–H groups in total. The van der Waals surface area contributed by atoms with Crippen LogP contribution in [0.15, 0.2) is 36.7 Å². The van der Waals surface area contributed by atoms with Gasteiger partial charge in [-0.25, -0.2) is 0 Å². The maximum atomic E-state index is 4.07. The van der Waals surface area contributed by atoms with Gasteiger partial charge in [-0.15, -0.1) is 0 Å². The average molecular weight is 188 g/mol. The van der Waals surface area contributed by atoms with Gasteiger partial charge in [0, 0.05) is 18.9 Å². The summed E-state index contributed by atoms with van der Waals surface area (Å²) >= 11 is 0. The smallest absolute Gasteiger partial charge is 0.0526 e. The first-order chi connectivity index (χ1) is 6.95. The average Bonchev–Trinajstić information content (AvgIpc) is 2.29. The first-order valence-corrected chi connectivity index (χ1v) is 5.24. The molecule has 2 heteroatoms. The zero-order valence-corrected chi connectivity index (χ0v) is 8.32. The van der Waals surface area contributed by atoms with Crippen molar-refractivity contribution in [2.24, 2.45) is 5.92 Å². The summed E-state index contributed by atoms with van der Waals surface area (Å²) in [5.41, 5.74) is 1.13. The summed E-state index contributed by atoms with van der Waals surface area (Å²) in [6, 6.07) is 4.02. The summed E-state index contributed by atoms with van der Waals surface area (Å²) in [4.78, 5) is 4.07. The predicted molar refractivity (Wildman–Crippen MR) is 59.2 cm³/mol. The largest absolute Gasteiger partial charge is 0.384 e. The molecule has 1 heterocycles. The van der Waals surface area contributed by atoms with Crippen LogP contribution in [0.1, 0.15) is 19.3 Å². The van der Waals surface area contributed by atoms with Crippen LogP contribution in [0.2, 0.25) is 0 Å². The molecule has 0 aliphatic heterocycles. The standard InChI is InChI=1S/C12H16N2/c1-2-5-11(6-3-1)9-14-12-7-4-8-13-10-12/h1-2,4,7-8,10-11,14H,3,5-6,9H2/t11-/m0/s1. The van der Waals surface area contributed by atoms with Gasteiger partial charge in [-0.3, -0.25) is 4.98 Å². The molecule has 1 aromatic heterocycles. The molecule has 0 saturated heterocycles. The van der Waals surface area contributed by atoms with Gasteiger partial charge >= 0.3 is 0 Å². The van der Waals surface area contributed by atoms with E-state index in [1.165, 1.54) is 19.3 Å². The fourth-order valence-corrected chi connectivity index (χ4v) is 1.77. The van der Waals surface area contributed by atoms with Crippen molar-refractivity contribution in [3.05, 3.63) is 36.7 Å². The van der Waals surface area contributed by atoms with Crippen LogP contribution in [0.4, 0.5) is 5.69 Å². The van der Waals surface area contributed by atoms with E-state index in [4.69, 9.17) is 0 Å². The number of rotatable bonds is 3. The molecule has 1 aromatic rings. The number of anilines is 1. The number of aromatic nitrogens is 1. The Labute approximate surface area is 85.1 Å². The second kappa shape index (κ2) is 4.80. The lowest BCUT2D eigenvalue weighted by atomic mass is 9.94. The van der Waals surface area contributed by atoms with Crippen molar-refractivity contribution in [2.75, 3.05) is 11.9 Å². The zero-order chi connectivity index (χ0) is 9.64. The Bertz CT molecular complexity index is 292. The van der Waals surface area contributed by atoms with E-state index in [9.17, 15) is 0 Å². The molecule has 0 amide bonds. The highest BCUT2D eigenvalue weighted by atomic mass is 14.9. The normalized spacial score (nSPS) is 20.7. The summed E-state index contributed by atoms with van der Waals surface area (Å²) in [6.45, 7) is 1.07. The Morgan fingerprint density at radius 3 is 3.14 bits per heavy atom. The molecule has 1 atom stereocenters. The van der Waals surface area contributed by atoms with Crippen LogP contribution in [-0.4, -0.2) is 11.5 Å². The number of hydrogen-bond donors (Lipinski definition) is 1. The maximum Gasteiger partial charge on any atom is 0.0526 e. The van der Waals surface area contributed by atoms with Crippen molar-refractivity contribution in [1.82, 2.24) is 4.98 Å². The SMILES string of the molecule is C1=CC[C@H](CNc2cccnc2)CC1. The molecular formula is C12H16N2. The second-order valence-electron chi connectivity index (χ2n) is 3.77. The molecule has 0 saturated carbocycles. The van der Waals surface area contributed by atoms with Gasteiger partial charge in [0.2, 0.25) is 0 Å². The summed E-state index contributed by atoms with van der Waals surface area (Å²) in [6.07, 6.45) is 12.0. The van der Waals surface area contributed by atoms with E-state index in [2.05, 4.69) is 28.5 Å². The van der Waals surface area contributed by atoms with Crippen molar-refractivity contribution in [3.63, 3.8) is 0 Å². The summed E-state index contributed by atoms with van der Waals surface area (Å²) in [7, 11) is 0. The van der Waals surface area contributed by atoms with Gasteiger partial charge in [-0.2, -0.15) is 0 Å². The minimum absolute atomic E-state index is 0.792. The highest BCUT2D eigenvalue weighted by Gasteiger charge is 2.08. The van der Waals surface area contributed by atoms with E-state index < -0.39 is 0 Å². The monoisotopic (exact) mass is 188 g/mol. The van der Waals surface area contributed by atoms with E-state index in [0.29, 0.717) is 0 Å². The Balaban J connectivity index is 1.80. The van der Waals surface area contributed by atoms with Gasteiger partial charge in [0.1, 0.15) is 0 Å². The molecule has 0 spiro atoms. The van der Waals surface area contributed by atoms with Crippen molar-refractivity contribution < 1.29 is 0 Å². The number of nitrogens with one attached hydrogen (secondary N) is 1. The molecule has 14 heavy (non-hydrogen) atoms. The van der Waals surface area contributed by atoms with Gasteiger partial charge in [-0.1, -0.05) is 12.2 Å². The molecule has 0 unspecified atom stereocenters. The molecule has 0 bridgehead atoms. The quantitative estimate of drug-likeness (QED) is 0.738. The van der Waals surface area contributed by atoms with Crippen molar-refractivity contribution in [1.29, 1.82) is 0 Å². The lowest BCUT2D eigenvalue weighted by Gasteiger charge is -2.18. The van der Waals surface area contributed by atoms with Crippen molar-refractivity contribution >= 4 is 5.69 Å². The van der Waals surface area contributed by atoms with E-state index >= 15 is 0 Å². The third-order valence-electron chi connectivity index (χ3n) is 2.63. The molecule has 74 valence electrons. The van der Waals surface area contributed by atoms with Crippen LogP contribution in [0.5, 0.6) is 0 Å². The Morgan fingerprint density at radius 1 is 1.43 bits per heavy atom. The Hall–Kier alpha value is -1.31. The fourth-order valence-electron chi connectivity index (χ4n) is 1.77. The summed E-state index contributed by atoms with van der Waals surface area (Å²) < 4.78 is 0. The molecule has 1 aliphatic carbocycles. The number of hydrogen-bond acceptors (Lipinski definition) is 2.